The van der Waals surface area contributed by atoms with E-state index in [1.165, 1.54) is 4.57 Å². The van der Waals surface area contributed by atoms with E-state index in [1.54, 1.807) is 29.2 Å². The van der Waals surface area contributed by atoms with Gasteiger partial charge >= 0.3 is 5.76 Å². The molecule has 10 nitrogen and oxygen atoms in total. The van der Waals surface area contributed by atoms with Crippen LogP contribution in [0, 0.1) is 0 Å². The lowest BCUT2D eigenvalue weighted by molar-refractivity contribution is -0.132. The van der Waals surface area contributed by atoms with Gasteiger partial charge in [0.25, 0.3) is 5.91 Å². The third kappa shape index (κ3) is 4.01. The van der Waals surface area contributed by atoms with Crippen LogP contribution in [0.4, 0.5) is 5.69 Å². The maximum absolute atomic E-state index is 12.7. The molecule has 5 rings (SSSR count). The number of hydrogen-bond donors (Lipinski definition) is 1. The van der Waals surface area contributed by atoms with E-state index in [9.17, 15) is 14.4 Å². The fourth-order valence-corrected chi connectivity index (χ4v) is 4.12. The molecule has 0 bridgehead atoms. The standard InChI is InChI=1S/C22H23N5O5/c28-20(26-7-2-1-3-8-26)12-27-18-11-15(4-5-19(18)32-22(27)30)23-21(29)17-10-14-13-31-9-6-16(14)24-25-17/h4-5,10-11H,1-3,6-9,12-13H2,(H,23,29). The first-order valence-electron chi connectivity index (χ1n) is 10.7. The zero-order valence-corrected chi connectivity index (χ0v) is 17.5. The largest absolute Gasteiger partial charge is 0.420 e. The highest BCUT2D eigenvalue weighted by molar-refractivity contribution is 6.03. The number of carbonyl (C=O) groups is 2. The van der Waals surface area contributed by atoms with Gasteiger partial charge in [0.2, 0.25) is 5.91 Å². The van der Waals surface area contributed by atoms with E-state index in [2.05, 4.69) is 15.5 Å². The number of piperidine rings is 1. The van der Waals surface area contributed by atoms with Crippen molar-refractivity contribution in [1.82, 2.24) is 19.7 Å². The SMILES string of the molecule is O=C(Nc1ccc2oc(=O)n(CC(=O)N3CCCCC3)c2c1)c1cc2c(nn1)CCOC2. The first-order valence-corrected chi connectivity index (χ1v) is 10.7. The molecule has 1 saturated heterocycles. The van der Waals surface area contributed by atoms with Crippen molar-refractivity contribution in [2.24, 2.45) is 0 Å². The summed E-state index contributed by atoms with van der Waals surface area (Å²) in [6.45, 7) is 2.32. The minimum absolute atomic E-state index is 0.0977. The summed E-state index contributed by atoms with van der Waals surface area (Å²) in [5.41, 5.74) is 3.13. The molecule has 2 aliphatic rings. The van der Waals surface area contributed by atoms with E-state index in [0.29, 0.717) is 49.5 Å². The molecule has 2 aromatic heterocycles. The van der Waals surface area contributed by atoms with Gasteiger partial charge < -0.3 is 19.4 Å². The molecule has 1 fully saturated rings. The molecule has 32 heavy (non-hydrogen) atoms. The second-order valence-electron chi connectivity index (χ2n) is 8.04. The van der Waals surface area contributed by atoms with Gasteiger partial charge in [-0.2, -0.15) is 5.10 Å². The molecule has 3 aromatic rings. The van der Waals surface area contributed by atoms with Crippen molar-refractivity contribution in [2.45, 2.75) is 38.8 Å². The number of likely N-dealkylation sites (tertiary alicyclic amines) is 1. The number of ether oxygens (including phenoxy) is 1. The molecule has 0 aliphatic carbocycles. The van der Waals surface area contributed by atoms with Crippen LogP contribution in [0.5, 0.6) is 0 Å². The number of benzene rings is 1. The number of oxazole rings is 1. The predicted molar refractivity (Wildman–Crippen MR) is 114 cm³/mol. The minimum Gasteiger partial charge on any atom is -0.408 e. The fraction of sp³-hybridized carbons (Fsp3) is 0.409. The Bertz CT molecular complexity index is 1240. The highest BCUT2D eigenvalue weighted by Gasteiger charge is 2.21. The molecular formula is C22H23N5O5. The van der Waals surface area contributed by atoms with Crippen LogP contribution in [-0.4, -0.2) is 51.2 Å². The van der Waals surface area contributed by atoms with Crippen LogP contribution in [0.1, 0.15) is 41.0 Å². The minimum atomic E-state index is -0.602. The zero-order valence-electron chi connectivity index (χ0n) is 17.5. The third-order valence-electron chi connectivity index (χ3n) is 5.86. The molecule has 1 N–H and O–H groups in total. The predicted octanol–water partition coefficient (Wildman–Crippen LogP) is 1.72. The highest BCUT2D eigenvalue weighted by Crippen LogP contribution is 2.20. The van der Waals surface area contributed by atoms with E-state index >= 15 is 0 Å². The first-order chi connectivity index (χ1) is 15.6. The molecule has 2 aliphatic heterocycles. The summed E-state index contributed by atoms with van der Waals surface area (Å²) in [5.74, 6) is -1.14. The summed E-state index contributed by atoms with van der Waals surface area (Å²) in [4.78, 5) is 39.5. The summed E-state index contributed by atoms with van der Waals surface area (Å²) in [5, 5.41) is 10.9. The molecule has 0 radical (unpaired) electrons. The summed E-state index contributed by atoms with van der Waals surface area (Å²) in [6, 6.07) is 6.53. The lowest BCUT2D eigenvalue weighted by Gasteiger charge is -2.26. The molecule has 10 heteroatoms. The van der Waals surface area contributed by atoms with E-state index in [0.717, 1.165) is 30.5 Å². The summed E-state index contributed by atoms with van der Waals surface area (Å²) < 4.78 is 12.0. The van der Waals surface area contributed by atoms with Gasteiger partial charge in [-0.05, 0) is 43.5 Å². The van der Waals surface area contributed by atoms with Crippen molar-refractivity contribution in [3.63, 3.8) is 0 Å². The number of carbonyl (C=O) groups excluding carboxylic acids is 2. The van der Waals surface area contributed by atoms with Gasteiger partial charge in [0.1, 0.15) is 6.54 Å². The monoisotopic (exact) mass is 437 g/mol. The number of amides is 2. The lowest BCUT2D eigenvalue weighted by Crippen LogP contribution is -2.39. The fourth-order valence-electron chi connectivity index (χ4n) is 4.12. The molecule has 0 unspecified atom stereocenters. The number of hydrogen-bond acceptors (Lipinski definition) is 7. The number of nitrogens with one attached hydrogen (secondary N) is 1. The number of nitrogens with zero attached hydrogens (tertiary/aromatic N) is 4. The molecular weight excluding hydrogens is 414 g/mol. The number of aromatic nitrogens is 3. The van der Waals surface area contributed by atoms with Gasteiger partial charge in [-0.15, -0.1) is 5.10 Å². The maximum atomic E-state index is 12.7. The van der Waals surface area contributed by atoms with Gasteiger partial charge in [0, 0.05) is 30.8 Å². The van der Waals surface area contributed by atoms with E-state index in [4.69, 9.17) is 9.15 Å². The quantitative estimate of drug-likeness (QED) is 0.660. The van der Waals surface area contributed by atoms with E-state index < -0.39 is 11.7 Å². The maximum Gasteiger partial charge on any atom is 0.420 e. The molecule has 0 atom stereocenters. The molecule has 0 saturated carbocycles. The van der Waals surface area contributed by atoms with Crippen LogP contribution in [-0.2, 0) is 29.1 Å². The Labute approximate surface area is 183 Å². The average Bonchev–Trinajstić information content (AvgIpc) is 3.13. The van der Waals surface area contributed by atoms with Crippen LogP contribution in [0.3, 0.4) is 0 Å². The van der Waals surface area contributed by atoms with Crippen molar-refractivity contribution in [2.75, 3.05) is 25.0 Å². The Morgan fingerprint density at radius 3 is 2.78 bits per heavy atom. The van der Waals surface area contributed by atoms with Crippen LogP contribution in [0.2, 0.25) is 0 Å². The van der Waals surface area contributed by atoms with Crippen molar-refractivity contribution in [3.05, 3.63) is 51.8 Å². The van der Waals surface area contributed by atoms with Crippen molar-refractivity contribution in [3.8, 4) is 0 Å². The van der Waals surface area contributed by atoms with Gasteiger partial charge in [-0.25, -0.2) is 4.79 Å². The Morgan fingerprint density at radius 1 is 1.09 bits per heavy atom. The third-order valence-corrected chi connectivity index (χ3v) is 5.86. The Kier molecular flexibility index (Phi) is 5.44. The van der Waals surface area contributed by atoms with Gasteiger partial charge in [-0.1, -0.05) is 0 Å². The van der Waals surface area contributed by atoms with Crippen molar-refractivity contribution in [1.29, 1.82) is 0 Å². The summed E-state index contributed by atoms with van der Waals surface area (Å²) in [7, 11) is 0. The Hall–Kier alpha value is -3.53. The molecule has 166 valence electrons. The van der Waals surface area contributed by atoms with E-state index in [-0.39, 0.29) is 18.1 Å². The van der Waals surface area contributed by atoms with Crippen LogP contribution >= 0.6 is 0 Å². The molecule has 1 aromatic carbocycles. The first kappa shape index (κ1) is 20.4. The average molecular weight is 437 g/mol. The summed E-state index contributed by atoms with van der Waals surface area (Å²) >= 11 is 0. The normalized spacial score (nSPS) is 16.1. The second-order valence-corrected chi connectivity index (χ2v) is 8.04. The van der Waals surface area contributed by atoms with Crippen LogP contribution < -0.4 is 11.1 Å². The molecule has 0 spiro atoms. The van der Waals surface area contributed by atoms with Crippen molar-refractivity contribution < 1.29 is 18.7 Å². The zero-order chi connectivity index (χ0) is 22.1. The highest BCUT2D eigenvalue weighted by atomic mass is 16.5. The lowest BCUT2D eigenvalue weighted by atomic mass is 10.1. The smallest absolute Gasteiger partial charge is 0.408 e. The van der Waals surface area contributed by atoms with Gasteiger partial charge in [0.05, 0.1) is 24.4 Å². The van der Waals surface area contributed by atoms with Gasteiger partial charge in [0.15, 0.2) is 11.3 Å². The topological polar surface area (TPSA) is 120 Å². The van der Waals surface area contributed by atoms with E-state index in [1.807, 2.05) is 0 Å². The summed E-state index contributed by atoms with van der Waals surface area (Å²) in [6.07, 6.45) is 3.74. The van der Waals surface area contributed by atoms with Crippen LogP contribution in [0.25, 0.3) is 11.1 Å². The van der Waals surface area contributed by atoms with Crippen molar-refractivity contribution >= 4 is 28.6 Å². The number of fused-ring (bicyclic) bond motifs is 2. The molecule has 2 amide bonds. The Balaban J connectivity index is 1.37. The Morgan fingerprint density at radius 2 is 1.94 bits per heavy atom. The number of rotatable bonds is 4. The second kappa shape index (κ2) is 8.54. The number of anilines is 1. The molecule has 4 heterocycles. The van der Waals surface area contributed by atoms with Gasteiger partial charge in [-0.3, -0.25) is 14.2 Å². The van der Waals surface area contributed by atoms with Crippen LogP contribution in [0.15, 0.2) is 33.5 Å².